The maximum atomic E-state index is 12.1. The van der Waals surface area contributed by atoms with Gasteiger partial charge in [0.15, 0.2) is 5.25 Å². The van der Waals surface area contributed by atoms with Gasteiger partial charge in [-0.1, -0.05) is 6.92 Å². The quantitative estimate of drug-likeness (QED) is 0.736. The van der Waals surface area contributed by atoms with E-state index in [0.29, 0.717) is 32.5 Å². The number of hydrogen-bond acceptors (Lipinski definition) is 4. The summed E-state index contributed by atoms with van der Waals surface area (Å²) in [6, 6.07) is 1.85. The average Bonchev–Trinajstić information content (AvgIpc) is 2.44. The zero-order chi connectivity index (χ0) is 12.2. The number of rotatable bonds is 3. The molecule has 0 aromatic heterocycles. The molecule has 16 heavy (non-hydrogen) atoms. The highest BCUT2D eigenvalue weighted by atomic mass is 32.2. The Morgan fingerprint density at radius 2 is 2.31 bits per heavy atom. The Labute approximate surface area is 97.0 Å². The number of nitrogens with zero attached hydrogens (tertiary/aromatic N) is 2. The molecule has 0 saturated carbocycles. The van der Waals surface area contributed by atoms with Gasteiger partial charge in [-0.05, 0) is 19.8 Å². The minimum atomic E-state index is -3.49. The second kappa shape index (κ2) is 5.62. The molecule has 1 saturated heterocycles. The molecule has 5 nitrogen and oxygen atoms in total. The lowest BCUT2D eigenvalue weighted by atomic mass is 10.4. The van der Waals surface area contributed by atoms with E-state index in [2.05, 4.69) is 0 Å². The molecule has 0 amide bonds. The lowest BCUT2D eigenvalue weighted by Crippen LogP contribution is -2.41. The van der Waals surface area contributed by atoms with Crippen molar-refractivity contribution < 1.29 is 13.2 Å². The summed E-state index contributed by atoms with van der Waals surface area (Å²) < 4.78 is 31.0. The van der Waals surface area contributed by atoms with Crippen LogP contribution < -0.4 is 0 Å². The van der Waals surface area contributed by atoms with Gasteiger partial charge in [0, 0.05) is 19.7 Å². The first-order chi connectivity index (χ1) is 7.52. The number of sulfonamides is 1. The van der Waals surface area contributed by atoms with Crippen LogP contribution in [-0.4, -0.2) is 43.8 Å². The number of hydrogen-bond donors (Lipinski definition) is 0. The molecule has 0 spiro atoms. The fourth-order valence-corrected chi connectivity index (χ4v) is 3.45. The predicted octanol–water partition coefficient (Wildman–Crippen LogP) is 0.729. The van der Waals surface area contributed by atoms with Gasteiger partial charge in [0.1, 0.15) is 0 Å². The number of nitriles is 1. The molecule has 1 fully saturated rings. The Kier molecular flexibility index (Phi) is 4.71. The lowest BCUT2D eigenvalue weighted by molar-refractivity contribution is 0.0751. The molecular formula is C10H18N2O3S. The molecule has 0 aliphatic carbocycles. The first kappa shape index (κ1) is 13.4. The lowest BCUT2D eigenvalue weighted by Gasteiger charge is -2.23. The second-order valence-corrected chi connectivity index (χ2v) is 6.08. The fourth-order valence-electron chi connectivity index (χ4n) is 1.74. The van der Waals surface area contributed by atoms with E-state index in [1.807, 2.05) is 13.0 Å². The Bertz CT molecular complexity index is 361. The minimum absolute atomic E-state index is 0.103. The van der Waals surface area contributed by atoms with Crippen molar-refractivity contribution in [2.45, 2.75) is 38.0 Å². The predicted molar refractivity (Wildman–Crippen MR) is 60.2 cm³/mol. The van der Waals surface area contributed by atoms with Gasteiger partial charge in [-0.3, -0.25) is 0 Å². The van der Waals surface area contributed by atoms with Crippen molar-refractivity contribution in [2.75, 3.05) is 19.7 Å². The van der Waals surface area contributed by atoms with Gasteiger partial charge in [-0.25, -0.2) is 8.42 Å². The zero-order valence-corrected chi connectivity index (χ0v) is 10.5. The monoisotopic (exact) mass is 246 g/mol. The minimum Gasteiger partial charge on any atom is -0.377 e. The van der Waals surface area contributed by atoms with Crippen molar-refractivity contribution in [3.8, 4) is 6.07 Å². The van der Waals surface area contributed by atoms with Gasteiger partial charge in [-0.15, -0.1) is 0 Å². The van der Waals surface area contributed by atoms with Crippen LogP contribution in [0.3, 0.4) is 0 Å². The summed E-state index contributed by atoms with van der Waals surface area (Å²) in [5.41, 5.74) is 0. The van der Waals surface area contributed by atoms with Crippen LogP contribution in [0.5, 0.6) is 0 Å². The Morgan fingerprint density at radius 3 is 2.88 bits per heavy atom. The molecule has 1 heterocycles. The van der Waals surface area contributed by atoms with Gasteiger partial charge < -0.3 is 4.74 Å². The van der Waals surface area contributed by atoms with Crippen molar-refractivity contribution in [1.82, 2.24) is 4.31 Å². The van der Waals surface area contributed by atoms with E-state index < -0.39 is 15.3 Å². The molecule has 0 aromatic carbocycles. The van der Waals surface area contributed by atoms with E-state index in [-0.39, 0.29) is 6.10 Å². The molecule has 2 unspecified atom stereocenters. The molecule has 0 bridgehead atoms. The zero-order valence-electron chi connectivity index (χ0n) is 9.72. The normalized spacial score (nSPS) is 25.7. The molecule has 1 aliphatic rings. The maximum Gasteiger partial charge on any atom is 0.230 e. The third-order valence-electron chi connectivity index (χ3n) is 2.65. The van der Waals surface area contributed by atoms with Gasteiger partial charge in [0.05, 0.1) is 12.2 Å². The highest BCUT2D eigenvalue weighted by Gasteiger charge is 2.32. The standard InChI is InChI=1S/C10H18N2O3S/c1-3-10(7-11)16(13,14)12-5-4-6-15-9(2)8-12/h9-10H,3-6,8H2,1-2H3. The molecular weight excluding hydrogens is 228 g/mol. The third kappa shape index (κ3) is 2.94. The second-order valence-electron chi connectivity index (χ2n) is 3.96. The van der Waals surface area contributed by atoms with E-state index in [1.165, 1.54) is 4.31 Å². The topological polar surface area (TPSA) is 70.4 Å². The summed E-state index contributed by atoms with van der Waals surface area (Å²) in [6.07, 6.45) is 0.907. The first-order valence-electron chi connectivity index (χ1n) is 5.52. The van der Waals surface area contributed by atoms with Crippen LogP contribution in [0.25, 0.3) is 0 Å². The highest BCUT2D eigenvalue weighted by molar-refractivity contribution is 7.90. The fraction of sp³-hybridized carbons (Fsp3) is 0.900. The van der Waals surface area contributed by atoms with Crippen molar-refractivity contribution >= 4 is 10.0 Å². The van der Waals surface area contributed by atoms with Gasteiger partial charge in [0.25, 0.3) is 0 Å². The van der Waals surface area contributed by atoms with Crippen LogP contribution in [-0.2, 0) is 14.8 Å². The van der Waals surface area contributed by atoms with E-state index >= 15 is 0 Å². The molecule has 92 valence electrons. The summed E-state index contributed by atoms with van der Waals surface area (Å²) in [5.74, 6) is 0. The van der Waals surface area contributed by atoms with Gasteiger partial charge in [0.2, 0.25) is 10.0 Å². The summed E-state index contributed by atoms with van der Waals surface area (Å²) in [6.45, 7) is 4.94. The van der Waals surface area contributed by atoms with Crippen LogP contribution in [0.15, 0.2) is 0 Å². The third-order valence-corrected chi connectivity index (χ3v) is 4.86. The summed E-state index contributed by atoms with van der Waals surface area (Å²) in [5, 5.41) is 7.91. The Morgan fingerprint density at radius 1 is 1.62 bits per heavy atom. The number of ether oxygens (including phenoxy) is 1. The Hall–Kier alpha value is -0.640. The molecule has 0 radical (unpaired) electrons. The van der Waals surface area contributed by atoms with Crippen LogP contribution in [0.4, 0.5) is 0 Å². The van der Waals surface area contributed by atoms with Crippen molar-refractivity contribution in [3.63, 3.8) is 0 Å². The Balaban J connectivity index is 2.85. The van der Waals surface area contributed by atoms with Crippen LogP contribution >= 0.6 is 0 Å². The first-order valence-corrected chi connectivity index (χ1v) is 7.02. The molecule has 6 heteroatoms. The SMILES string of the molecule is CCC(C#N)S(=O)(=O)N1CCCOC(C)C1. The molecule has 0 N–H and O–H groups in total. The maximum absolute atomic E-state index is 12.1. The molecule has 1 rings (SSSR count). The van der Waals surface area contributed by atoms with Crippen LogP contribution in [0, 0.1) is 11.3 Å². The van der Waals surface area contributed by atoms with E-state index in [0.717, 1.165) is 0 Å². The van der Waals surface area contributed by atoms with Gasteiger partial charge >= 0.3 is 0 Å². The van der Waals surface area contributed by atoms with Crippen LogP contribution in [0.2, 0.25) is 0 Å². The average molecular weight is 246 g/mol. The van der Waals surface area contributed by atoms with Crippen LogP contribution in [0.1, 0.15) is 26.7 Å². The summed E-state index contributed by atoms with van der Waals surface area (Å²) >= 11 is 0. The van der Waals surface area contributed by atoms with Gasteiger partial charge in [-0.2, -0.15) is 9.57 Å². The largest absolute Gasteiger partial charge is 0.377 e. The van der Waals surface area contributed by atoms with Crippen molar-refractivity contribution in [1.29, 1.82) is 5.26 Å². The molecule has 2 atom stereocenters. The summed E-state index contributed by atoms with van der Waals surface area (Å²) in [7, 11) is -3.49. The van der Waals surface area contributed by atoms with Crippen molar-refractivity contribution in [3.05, 3.63) is 0 Å². The van der Waals surface area contributed by atoms with E-state index in [4.69, 9.17) is 10.00 Å². The van der Waals surface area contributed by atoms with Crippen molar-refractivity contribution in [2.24, 2.45) is 0 Å². The molecule has 0 aromatic rings. The van der Waals surface area contributed by atoms with E-state index in [9.17, 15) is 8.42 Å². The molecule has 1 aliphatic heterocycles. The smallest absolute Gasteiger partial charge is 0.230 e. The van der Waals surface area contributed by atoms with E-state index in [1.54, 1.807) is 6.92 Å². The highest BCUT2D eigenvalue weighted by Crippen LogP contribution is 2.16. The summed E-state index contributed by atoms with van der Waals surface area (Å²) in [4.78, 5) is 0.